The Bertz CT molecular complexity index is 301. The standard InChI is InChI=1S/C14H20/c1-11-6-3-4-8-13(11)10-14-9-5-7-12(14)2/h3-4,6,8,12,14H,5,7,9-10H2,1-2H3. The lowest BCUT2D eigenvalue weighted by molar-refractivity contribution is 0.416. The van der Waals surface area contributed by atoms with Gasteiger partial charge in [0.25, 0.3) is 0 Å². The van der Waals surface area contributed by atoms with Crippen molar-refractivity contribution in [2.24, 2.45) is 11.8 Å². The molecule has 0 saturated heterocycles. The van der Waals surface area contributed by atoms with Gasteiger partial charge in [-0.2, -0.15) is 0 Å². The molecule has 0 amide bonds. The van der Waals surface area contributed by atoms with E-state index in [1.54, 1.807) is 5.56 Å². The molecule has 0 bridgehead atoms. The third kappa shape index (κ3) is 2.00. The zero-order valence-corrected chi connectivity index (χ0v) is 9.29. The summed E-state index contributed by atoms with van der Waals surface area (Å²) in [7, 11) is 0. The molecule has 0 spiro atoms. The van der Waals surface area contributed by atoms with Gasteiger partial charge in [-0.1, -0.05) is 44.0 Å². The van der Waals surface area contributed by atoms with E-state index < -0.39 is 0 Å². The lowest BCUT2D eigenvalue weighted by Gasteiger charge is -2.16. The second kappa shape index (κ2) is 4.16. The number of aryl methyl sites for hydroxylation is 1. The van der Waals surface area contributed by atoms with E-state index in [-0.39, 0.29) is 0 Å². The van der Waals surface area contributed by atoms with Crippen LogP contribution in [-0.4, -0.2) is 0 Å². The van der Waals surface area contributed by atoms with E-state index in [4.69, 9.17) is 0 Å². The van der Waals surface area contributed by atoms with Gasteiger partial charge in [-0.3, -0.25) is 0 Å². The number of rotatable bonds is 2. The predicted octanol–water partition coefficient (Wildman–Crippen LogP) is 3.97. The highest BCUT2D eigenvalue weighted by Gasteiger charge is 2.23. The zero-order valence-electron chi connectivity index (χ0n) is 9.29. The highest BCUT2D eigenvalue weighted by atomic mass is 14.3. The van der Waals surface area contributed by atoms with Gasteiger partial charge in [-0.25, -0.2) is 0 Å². The van der Waals surface area contributed by atoms with E-state index in [9.17, 15) is 0 Å². The molecular weight excluding hydrogens is 168 g/mol. The van der Waals surface area contributed by atoms with Gasteiger partial charge in [0.2, 0.25) is 0 Å². The molecule has 2 unspecified atom stereocenters. The Kier molecular flexibility index (Phi) is 2.90. The fraction of sp³-hybridized carbons (Fsp3) is 0.571. The van der Waals surface area contributed by atoms with Gasteiger partial charge in [0.15, 0.2) is 0 Å². The number of hydrogen-bond donors (Lipinski definition) is 0. The summed E-state index contributed by atoms with van der Waals surface area (Å²) in [5.74, 6) is 1.88. The van der Waals surface area contributed by atoms with Gasteiger partial charge in [0.05, 0.1) is 0 Å². The predicted molar refractivity (Wildman–Crippen MR) is 61.4 cm³/mol. The summed E-state index contributed by atoms with van der Waals surface area (Å²) >= 11 is 0. The summed E-state index contributed by atoms with van der Waals surface area (Å²) in [6.45, 7) is 4.64. The average molecular weight is 188 g/mol. The number of benzene rings is 1. The third-order valence-electron chi connectivity index (χ3n) is 3.78. The quantitative estimate of drug-likeness (QED) is 0.658. The Morgan fingerprint density at radius 3 is 2.64 bits per heavy atom. The van der Waals surface area contributed by atoms with E-state index in [1.807, 2.05) is 0 Å². The molecule has 1 aromatic carbocycles. The number of hydrogen-bond acceptors (Lipinski definition) is 0. The molecule has 1 aliphatic rings. The minimum absolute atomic E-state index is 0.939. The minimum atomic E-state index is 0.939. The van der Waals surface area contributed by atoms with Crippen LogP contribution in [0.4, 0.5) is 0 Å². The van der Waals surface area contributed by atoms with Crippen LogP contribution >= 0.6 is 0 Å². The molecule has 0 nitrogen and oxygen atoms in total. The van der Waals surface area contributed by atoms with Crippen molar-refractivity contribution in [3.05, 3.63) is 35.4 Å². The summed E-state index contributed by atoms with van der Waals surface area (Å²) in [6.07, 6.45) is 5.62. The third-order valence-corrected chi connectivity index (χ3v) is 3.78. The van der Waals surface area contributed by atoms with Gasteiger partial charge in [0, 0.05) is 0 Å². The first kappa shape index (κ1) is 9.76. The van der Waals surface area contributed by atoms with Gasteiger partial charge in [0.1, 0.15) is 0 Å². The molecule has 0 N–H and O–H groups in total. The molecule has 2 rings (SSSR count). The van der Waals surface area contributed by atoms with Crippen LogP contribution in [0.25, 0.3) is 0 Å². The van der Waals surface area contributed by atoms with Crippen molar-refractivity contribution in [1.82, 2.24) is 0 Å². The molecular formula is C14H20. The smallest absolute Gasteiger partial charge is 0.0245 e. The van der Waals surface area contributed by atoms with E-state index in [1.165, 1.54) is 31.2 Å². The topological polar surface area (TPSA) is 0 Å². The van der Waals surface area contributed by atoms with Crippen molar-refractivity contribution in [1.29, 1.82) is 0 Å². The summed E-state index contributed by atoms with van der Waals surface area (Å²) in [4.78, 5) is 0. The van der Waals surface area contributed by atoms with Crippen molar-refractivity contribution >= 4 is 0 Å². The van der Waals surface area contributed by atoms with E-state index in [0.717, 1.165) is 11.8 Å². The minimum Gasteiger partial charge on any atom is -0.0622 e. The molecule has 0 heterocycles. The zero-order chi connectivity index (χ0) is 9.97. The molecule has 1 aromatic rings. The fourth-order valence-corrected chi connectivity index (χ4v) is 2.65. The Morgan fingerprint density at radius 2 is 2.00 bits per heavy atom. The first-order valence-electron chi connectivity index (χ1n) is 5.82. The molecule has 14 heavy (non-hydrogen) atoms. The summed E-state index contributed by atoms with van der Waals surface area (Å²) in [5.41, 5.74) is 3.03. The maximum atomic E-state index is 2.41. The van der Waals surface area contributed by atoms with Gasteiger partial charge in [-0.15, -0.1) is 0 Å². The molecule has 2 atom stereocenters. The average Bonchev–Trinajstić information content (AvgIpc) is 2.56. The van der Waals surface area contributed by atoms with Crippen LogP contribution in [0.1, 0.15) is 37.3 Å². The monoisotopic (exact) mass is 188 g/mol. The largest absolute Gasteiger partial charge is 0.0622 e. The van der Waals surface area contributed by atoms with E-state index in [2.05, 4.69) is 38.1 Å². The Balaban J connectivity index is 2.07. The SMILES string of the molecule is Cc1ccccc1CC1CCCC1C. The van der Waals surface area contributed by atoms with Crippen LogP contribution in [0.15, 0.2) is 24.3 Å². The molecule has 0 radical (unpaired) electrons. The molecule has 1 fully saturated rings. The van der Waals surface area contributed by atoms with Gasteiger partial charge in [-0.05, 0) is 42.7 Å². The molecule has 0 heteroatoms. The highest BCUT2D eigenvalue weighted by Crippen LogP contribution is 2.34. The first-order valence-corrected chi connectivity index (χ1v) is 5.82. The Morgan fingerprint density at radius 1 is 1.21 bits per heavy atom. The normalized spacial score (nSPS) is 26.7. The Hall–Kier alpha value is -0.780. The second-order valence-electron chi connectivity index (χ2n) is 4.80. The Labute approximate surface area is 87.3 Å². The van der Waals surface area contributed by atoms with Crippen LogP contribution in [0.3, 0.4) is 0 Å². The van der Waals surface area contributed by atoms with Crippen LogP contribution in [0.5, 0.6) is 0 Å². The first-order chi connectivity index (χ1) is 6.77. The van der Waals surface area contributed by atoms with E-state index in [0.29, 0.717) is 0 Å². The van der Waals surface area contributed by atoms with Crippen LogP contribution in [-0.2, 0) is 6.42 Å². The fourth-order valence-electron chi connectivity index (χ4n) is 2.65. The van der Waals surface area contributed by atoms with Gasteiger partial charge < -0.3 is 0 Å². The van der Waals surface area contributed by atoms with Crippen molar-refractivity contribution in [3.8, 4) is 0 Å². The van der Waals surface area contributed by atoms with Crippen molar-refractivity contribution in [2.45, 2.75) is 39.5 Å². The highest BCUT2D eigenvalue weighted by molar-refractivity contribution is 5.26. The van der Waals surface area contributed by atoms with Crippen LogP contribution < -0.4 is 0 Å². The second-order valence-corrected chi connectivity index (χ2v) is 4.80. The lowest BCUT2D eigenvalue weighted by atomic mass is 9.89. The van der Waals surface area contributed by atoms with E-state index >= 15 is 0 Å². The maximum absolute atomic E-state index is 2.41. The summed E-state index contributed by atoms with van der Waals surface area (Å²) in [6, 6.07) is 8.83. The lowest BCUT2D eigenvalue weighted by Crippen LogP contribution is -2.08. The van der Waals surface area contributed by atoms with Crippen molar-refractivity contribution in [2.75, 3.05) is 0 Å². The molecule has 0 aromatic heterocycles. The molecule has 76 valence electrons. The van der Waals surface area contributed by atoms with Gasteiger partial charge >= 0.3 is 0 Å². The maximum Gasteiger partial charge on any atom is -0.0245 e. The molecule has 0 aliphatic heterocycles. The summed E-state index contributed by atoms with van der Waals surface area (Å²) in [5, 5.41) is 0. The molecule has 1 saturated carbocycles. The van der Waals surface area contributed by atoms with Crippen molar-refractivity contribution < 1.29 is 0 Å². The molecule has 1 aliphatic carbocycles. The van der Waals surface area contributed by atoms with Crippen molar-refractivity contribution in [3.63, 3.8) is 0 Å². The van der Waals surface area contributed by atoms with Crippen LogP contribution in [0, 0.1) is 18.8 Å². The van der Waals surface area contributed by atoms with Crippen LogP contribution in [0.2, 0.25) is 0 Å². The summed E-state index contributed by atoms with van der Waals surface area (Å²) < 4.78 is 0.